The van der Waals surface area contributed by atoms with Crippen LogP contribution in [0.4, 0.5) is 5.69 Å². The molecular weight excluding hydrogens is 847 g/mol. The minimum Gasteiger partial charge on any atom is -0.489 e. The van der Waals surface area contributed by atoms with Crippen LogP contribution in [0.15, 0.2) is 133 Å². The predicted octanol–water partition coefficient (Wildman–Crippen LogP) is 9.31. The zero-order valence-corrected chi connectivity index (χ0v) is 36.7. The van der Waals surface area contributed by atoms with Gasteiger partial charge in [0.2, 0.25) is 5.91 Å². The van der Waals surface area contributed by atoms with Crippen molar-refractivity contribution in [3.8, 4) is 28.7 Å². The van der Waals surface area contributed by atoms with Gasteiger partial charge in [-0.2, -0.15) is 5.26 Å². The van der Waals surface area contributed by atoms with Gasteiger partial charge in [0.05, 0.1) is 40.5 Å². The smallest absolute Gasteiger partial charge is 0.328 e. The van der Waals surface area contributed by atoms with Crippen molar-refractivity contribution < 1.29 is 28.6 Å². The number of rotatable bonds is 15. The van der Waals surface area contributed by atoms with Gasteiger partial charge in [0, 0.05) is 19.4 Å². The summed E-state index contributed by atoms with van der Waals surface area (Å²) >= 11 is 12.2. The first-order valence-corrected chi connectivity index (χ1v) is 21.9. The minimum absolute atomic E-state index is 0.236. The zero-order valence-electron chi connectivity index (χ0n) is 35.2. The van der Waals surface area contributed by atoms with Gasteiger partial charge in [0.15, 0.2) is 6.10 Å². The fourth-order valence-corrected chi connectivity index (χ4v) is 8.51. The first-order chi connectivity index (χ1) is 31.1. The number of carbonyl (C=O) groups excluding carboxylic acids is 3. The number of nitrogens with one attached hydrogen (secondary N) is 2. The van der Waals surface area contributed by atoms with E-state index in [1.165, 1.54) is 12.7 Å². The third kappa shape index (κ3) is 10.7. The molecule has 8 rings (SSSR count). The van der Waals surface area contributed by atoms with Crippen LogP contribution >= 0.6 is 23.2 Å². The zero-order chi connectivity index (χ0) is 44.6. The van der Waals surface area contributed by atoms with Crippen molar-refractivity contribution >= 4 is 46.7 Å². The molecule has 0 spiro atoms. The second kappa shape index (κ2) is 20.2. The summed E-state index contributed by atoms with van der Waals surface area (Å²) in [5.41, 5.74) is 8.87. The second-order valence-corrected chi connectivity index (χ2v) is 16.9. The number of nitrogens with zero attached hydrogens (tertiary/aromatic N) is 2. The Kier molecular flexibility index (Phi) is 13.9. The largest absolute Gasteiger partial charge is 0.489 e. The minimum atomic E-state index is -0.920. The fraction of sp³-hybridized carbons (Fsp3) is 0.231. The number of methoxy groups -OCH3 is 1. The topological polar surface area (TPSA) is 130 Å². The monoisotopic (exact) mass is 892 g/mol. The Morgan fingerprint density at radius 2 is 1.55 bits per heavy atom. The molecule has 6 aromatic carbocycles. The summed E-state index contributed by atoms with van der Waals surface area (Å²) in [7, 11) is 1.32. The number of amides is 2. The number of hydrogen-bond donors (Lipinski definition) is 2. The normalized spacial score (nSPS) is 15.9. The van der Waals surface area contributed by atoms with Crippen LogP contribution in [0.1, 0.15) is 45.4 Å². The van der Waals surface area contributed by atoms with Crippen LogP contribution < -0.4 is 20.1 Å². The highest BCUT2D eigenvalue weighted by Crippen LogP contribution is 2.37. The van der Waals surface area contributed by atoms with Gasteiger partial charge in [-0.15, -0.1) is 0 Å². The number of fused-ring (bicyclic) bond motifs is 2. The maximum Gasteiger partial charge on any atom is 0.328 e. The van der Waals surface area contributed by atoms with Crippen molar-refractivity contribution in [2.45, 2.75) is 63.4 Å². The first-order valence-electron chi connectivity index (χ1n) is 21.2. The highest BCUT2D eigenvalue weighted by Gasteiger charge is 2.36. The molecule has 324 valence electrons. The molecule has 0 unspecified atom stereocenters. The lowest BCUT2D eigenvalue weighted by Crippen LogP contribution is -2.54. The van der Waals surface area contributed by atoms with Crippen molar-refractivity contribution in [1.29, 1.82) is 5.26 Å². The average molecular weight is 894 g/mol. The molecule has 3 atom stereocenters. The molecule has 0 aliphatic carbocycles. The van der Waals surface area contributed by atoms with Crippen LogP contribution in [0.25, 0.3) is 11.1 Å². The lowest BCUT2D eigenvalue weighted by molar-refractivity contribution is -0.145. The number of anilines is 1. The van der Waals surface area contributed by atoms with Crippen LogP contribution in [-0.4, -0.2) is 54.5 Å². The number of esters is 1. The average Bonchev–Trinajstić information content (AvgIpc) is 3.32. The number of nitriles is 1. The van der Waals surface area contributed by atoms with E-state index in [9.17, 15) is 14.4 Å². The molecule has 2 N–H and O–H groups in total. The molecule has 6 aromatic rings. The van der Waals surface area contributed by atoms with Crippen LogP contribution in [-0.2, 0) is 58.0 Å². The molecule has 0 fully saturated rings. The predicted molar refractivity (Wildman–Crippen MR) is 247 cm³/mol. The van der Waals surface area contributed by atoms with Gasteiger partial charge >= 0.3 is 5.97 Å². The van der Waals surface area contributed by atoms with Crippen molar-refractivity contribution in [2.75, 3.05) is 19.0 Å². The molecule has 0 aromatic heterocycles. The summed E-state index contributed by atoms with van der Waals surface area (Å²) in [5.74, 6) is 0.176. The molecule has 2 heterocycles. The molecule has 10 nitrogen and oxygen atoms in total. The van der Waals surface area contributed by atoms with Crippen LogP contribution in [0, 0.1) is 11.3 Å². The molecule has 2 amide bonds. The Morgan fingerprint density at radius 3 is 2.25 bits per heavy atom. The van der Waals surface area contributed by atoms with Gasteiger partial charge in [0.1, 0.15) is 24.1 Å². The summed E-state index contributed by atoms with van der Waals surface area (Å²) in [4.78, 5) is 43.2. The summed E-state index contributed by atoms with van der Waals surface area (Å²) < 4.78 is 17.5. The van der Waals surface area contributed by atoms with E-state index in [0.717, 1.165) is 51.8 Å². The van der Waals surface area contributed by atoms with Gasteiger partial charge in [0.25, 0.3) is 5.91 Å². The van der Waals surface area contributed by atoms with Gasteiger partial charge in [-0.1, -0.05) is 108 Å². The van der Waals surface area contributed by atoms with Gasteiger partial charge < -0.3 is 24.8 Å². The molecule has 2 aliphatic rings. The number of benzene rings is 6. The summed E-state index contributed by atoms with van der Waals surface area (Å²) in [5, 5.41) is 16.2. The Balaban J connectivity index is 0.954. The number of carbonyl (C=O) groups is 3. The van der Waals surface area contributed by atoms with E-state index in [4.69, 9.17) is 42.7 Å². The maximum absolute atomic E-state index is 14.4. The molecule has 0 saturated carbocycles. The number of aryl methyl sites for hydroxylation is 1. The van der Waals surface area contributed by atoms with Crippen LogP contribution in [0.2, 0.25) is 10.0 Å². The molecule has 0 saturated heterocycles. The SMILES string of the molecule is COC(=O)[C@H](Cc1ccc(-c2ccc(C#N)cc2)cc1)NC(=O)[C@@H]1Cc2cc3c(cc2CN1CCCc1ccccc1)O[C@@H](Cc1ccc(OCc2ccc(Cl)c(Cl)c2)cc1)C(=O)N3. The van der Waals surface area contributed by atoms with E-state index < -0.39 is 24.2 Å². The summed E-state index contributed by atoms with van der Waals surface area (Å²) in [6.07, 6.45) is 1.86. The highest BCUT2D eigenvalue weighted by molar-refractivity contribution is 6.42. The standard InChI is InChI=1S/C52H46Cl2N4O6/c1-62-52(61)46(25-34-9-16-38(17-10-34)39-18-11-36(30-55)12-19-39)57-50(59)47-28-40-27-45-48(29-41(40)31-58(47)23-5-8-33-6-3-2-4-7-33)64-49(51(60)56-45)26-35-13-20-42(21-14-35)63-32-37-15-22-43(53)44(54)24-37/h2-4,6-7,9-22,24,27,29,46-47,49H,5,8,23,25-26,28,31-32H2,1H3,(H,56,60)(H,57,59)/t46-,47-,49-/m0/s1. The van der Waals surface area contributed by atoms with E-state index in [0.29, 0.717) is 65.3 Å². The second-order valence-electron chi connectivity index (χ2n) is 16.1. The van der Waals surface area contributed by atoms with Crippen molar-refractivity contribution in [3.05, 3.63) is 182 Å². The van der Waals surface area contributed by atoms with Crippen molar-refractivity contribution in [3.63, 3.8) is 0 Å². The quantitative estimate of drug-likeness (QED) is 0.0977. The molecular formula is C52H46Cl2N4O6. The van der Waals surface area contributed by atoms with E-state index in [-0.39, 0.29) is 18.2 Å². The molecule has 12 heteroatoms. The lowest BCUT2D eigenvalue weighted by Gasteiger charge is -2.37. The third-order valence-electron chi connectivity index (χ3n) is 11.7. The highest BCUT2D eigenvalue weighted by atomic mass is 35.5. The number of hydrogen-bond acceptors (Lipinski definition) is 8. The van der Waals surface area contributed by atoms with E-state index >= 15 is 0 Å². The third-order valence-corrected chi connectivity index (χ3v) is 12.4. The summed E-state index contributed by atoms with van der Waals surface area (Å²) in [6, 6.07) is 42.8. The molecule has 64 heavy (non-hydrogen) atoms. The van der Waals surface area contributed by atoms with Crippen LogP contribution in [0.3, 0.4) is 0 Å². The lowest BCUT2D eigenvalue weighted by atomic mass is 9.91. The van der Waals surface area contributed by atoms with Gasteiger partial charge in [-0.25, -0.2) is 4.79 Å². The van der Waals surface area contributed by atoms with Crippen LogP contribution in [0.5, 0.6) is 11.5 Å². The number of ether oxygens (including phenoxy) is 3. The molecule has 2 aliphatic heterocycles. The van der Waals surface area contributed by atoms with Gasteiger partial charge in [-0.05, 0) is 119 Å². The Bertz CT molecular complexity index is 2670. The van der Waals surface area contributed by atoms with E-state index in [1.54, 1.807) is 24.3 Å². The maximum atomic E-state index is 14.4. The van der Waals surface area contributed by atoms with Crippen molar-refractivity contribution in [1.82, 2.24) is 10.2 Å². The van der Waals surface area contributed by atoms with E-state index in [2.05, 4.69) is 33.7 Å². The first kappa shape index (κ1) is 44.0. The van der Waals surface area contributed by atoms with Crippen molar-refractivity contribution in [2.24, 2.45) is 0 Å². The van der Waals surface area contributed by atoms with Gasteiger partial charge in [-0.3, -0.25) is 14.5 Å². The Hall–Kier alpha value is -6.64. The molecule has 0 radical (unpaired) electrons. The Morgan fingerprint density at radius 1 is 0.844 bits per heavy atom. The van der Waals surface area contributed by atoms with E-state index in [1.807, 2.05) is 97.1 Å². The summed E-state index contributed by atoms with van der Waals surface area (Å²) in [6.45, 7) is 1.44. The fourth-order valence-electron chi connectivity index (χ4n) is 8.19. The number of halogens is 2. The molecule has 0 bridgehead atoms. The Labute approximate surface area is 382 Å².